The molecular weight excluding hydrogens is 920 g/mol. The highest BCUT2D eigenvalue weighted by atomic mass is 35.5. The van der Waals surface area contributed by atoms with Crippen LogP contribution in [0.3, 0.4) is 0 Å². The summed E-state index contributed by atoms with van der Waals surface area (Å²) in [5, 5.41) is 10.5. The van der Waals surface area contributed by atoms with Crippen LogP contribution in [0, 0.1) is 11.6 Å². The van der Waals surface area contributed by atoms with E-state index in [0.29, 0.717) is 22.3 Å². The molecule has 0 bridgehead atoms. The smallest absolute Gasteiger partial charge is 0.416 e. The number of halogens is 9. The maximum Gasteiger partial charge on any atom is 0.416 e. The van der Waals surface area contributed by atoms with Gasteiger partial charge in [0.05, 0.1) is 25.3 Å². The third-order valence-corrected chi connectivity index (χ3v) is 12.1. The van der Waals surface area contributed by atoms with Gasteiger partial charge in [-0.25, -0.2) is 8.78 Å². The van der Waals surface area contributed by atoms with Gasteiger partial charge in [-0.3, -0.25) is 0 Å². The predicted octanol–water partition coefficient (Wildman–Crippen LogP) is 16.6. The van der Waals surface area contributed by atoms with Gasteiger partial charge in [0.2, 0.25) is 0 Å². The van der Waals surface area contributed by atoms with Crippen molar-refractivity contribution in [3.8, 4) is 33.8 Å². The lowest BCUT2D eigenvalue weighted by molar-refractivity contribution is -0.138. The van der Waals surface area contributed by atoms with Crippen molar-refractivity contribution in [2.45, 2.75) is 64.2 Å². The molecule has 0 aliphatic rings. The minimum absolute atomic E-state index is 0. The number of fused-ring (bicyclic) bond motifs is 2. The van der Waals surface area contributed by atoms with E-state index in [0.717, 1.165) is 79.6 Å². The first-order valence-electron chi connectivity index (χ1n) is 21.9. The zero-order valence-electron chi connectivity index (χ0n) is 38.6. The Hall–Kier alpha value is -6.47. The zero-order chi connectivity index (χ0) is 48.9. The van der Waals surface area contributed by atoms with Gasteiger partial charge in [0.15, 0.2) is 0 Å². The predicted molar refractivity (Wildman–Crippen MR) is 262 cm³/mol. The van der Waals surface area contributed by atoms with Crippen molar-refractivity contribution in [1.29, 1.82) is 0 Å². The number of hydrogen-bond acceptors (Lipinski definition) is 4. The van der Waals surface area contributed by atoms with E-state index in [1.54, 1.807) is 19.2 Å². The second-order valence-corrected chi connectivity index (χ2v) is 16.8. The van der Waals surface area contributed by atoms with Gasteiger partial charge in [0.1, 0.15) is 23.1 Å². The Morgan fingerprint density at radius 3 is 1.39 bits per heavy atom. The summed E-state index contributed by atoms with van der Waals surface area (Å²) < 4.78 is 117. The fourth-order valence-electron chi connectivity index (χ4n) is 8.35. The first kappa shape index (κ1) is 51.9. The van der Waals surface area contributed by atoms with E-state index in [1.165, 1.54) is 55.6 Å². The van der Waals surface area contributed by atoms with Crippen LogP contribution in [0.5, 0.6) is 11.5 Å². The van der Waals surface area contributed by atoms with E-state index >= 15 is 0 Å². The summed E-state index contributed by atoms with van der Waals surface area (Å²) in [7, 11) is 3.12. The van der Waals surface area contributed by atoms with Gasteiger partial charge in [0.25, 0.3) is 0 Å². The summed E-state index contributed by atoms with van der Waals surface area (Å²) >= 11 is 0. The third kappa shape index (κ3) is 12.6. The van der Waals surface area contributed by atoms with E-state index in [4.69, 9.17) is 9.47 Å². The molecular formula is C56H51ClF8N2O2. The summed E-state index contributed by atoms with van der Waals surface area (Å²) in [5.41, 5.74) is 5.27. The van der Waals surface area contributed by atoms with E-state index < -0.39 is 23.5 Å². The lowest BCUT2D eigenvalue weighted by Crippen LogP contribution is -2.22. The number of alkyl halides is 6. The summed E-state index contributed by atoms with van der Waals surface area (Å²) in [5.74, 6) is 0.482. The first-order chi connectivity index (χ1) is 32.3. The van der Waals surface area contributed by atoms with Crippen molar-refractivity contribution in [1.82, 2.24) is 10.6 Å². The molecule has 0 aromatic heterocycles. The minimum Gasteiger partial charge on any atom is -0.497 e. The molecule has 8 aromatic rings. The number of hydrogen-bond donors (Lipinski definition) is 2. The van der Waals surface area contributed by atoms with Crippen LogP contribution in [-0.2, 0) is 12.4 Å². The Balaban J connectivity index is 0.000000224. The molecule has 0 radical (unpaired) electrons. The van der Waals surface area contributed by atoms with Gasteiger partial charge in [-0.15, -0.1) is 12.4 Å². The van der Waals surface area contributed by atoms with Gasteiger partial charge in [-0.2, -0.15) is 26.3 Å². The Kier molecular flexibility index (Phi) is 16.5. The van der Waals surface area contributed by atoms with E-state index in [1.807, 2.05) is 94.4 Å². The van der Waals surface area contributed by atoms with Crippen LogP contribution < -0.4 is 20.1 Å². The van der Waals surface area contributed by atoms with Crippen molar-refractivity contribution in [3.05, 3.63) is 203 Å². The largest absolute Gasteiger partial charge is 0.497 e. The Labute approximate surface area is 402 Å². The lowest BCUT2D eigenvalue weighted by atomic mass is 9.92. The third-order valence-electron chi connectivity index (χ3n) is 12.1. The average Bonchev–Trinajstić information content (AvgIpc) is 3.32. The molecule has 13 heteroatoms. The number of nitrogens with one attached hydrogen (secondary N) is 2. The standard InChI is InChI=1S/2C28H25F4NO.ClH/c1-17(20-5-4-6-25(15-20)34-3)33-18(2)21-13-22-14-24(29)11-12-26(22)27(16-21)19-7-9-23(10-8-19)28(30,31)32;1-17(33-18(2)22-13-24(29)16-25(14-22)34-3)21-12-20-6-4-5-7-26(20)27(15-21)19-8-10-23(11-9-19)28(30,31)32;/h2*4-18,33H,1-3H3;1H/t17-,18?;;/m1../s1. The maximum atomic E-state index is 14.0. The quantitative estimate of drug-likeness (QED) is 0.120. The molecule has 0 aliphatic heterocycles. The van der Waals surface area contributed by atoms with E-state index in [-0.39, 0.29) is 48.2 Å². The zero-order valence-corrected chi connectivity index (χ0v) is 39.4. The number of methoxy groups -OCH3 is 2. The van der Waals surface area contributed by atoms with Gasteiger partial charge in [-0.1, -0.05) is 66.7 Å². The molecule has 8 rings (SSSR count). The molecule has 3 unspecified atom stereocenters. The molecule has 0 amide bonds. The molecule has 2 N–H and O–H groups in total. The molecule has 0 fully saturated rings. The molecule has 0 aliphatic carbocycles. The van der Waals surface area contributed by atoms with Crippen LogP contribution >= 0.6 is 12.4 Å². The van der Waals surface area contributed by atoms with Crippen molar-refractivity contribution >= 4 is 34.0 Å². The molecule has 8 aromatic carbocycles. The SMILES string of the molecule is COc1cc(F)cc(C(C)NC(C)c2cc(-c3ccc(C(F)(F)F)cc3)c3ccccc3c2)c1.COc1cccc([C@@H](C)NC(C)c2cc(-c3ccc(C(F)(F)F)cc3)c3ccc(F)cc3c2)c1.Cl. The topological polar surface area (TPSA) is 42.5 Å². The monoisotopic (exact) mass is 970 g/mol. The molecule has 69 heavy (non-hydrogen) atoms. The molecule has 0 saturated heterocycles. The van der Waals surface area contributed by atoms with E-state index in [2.05, 4.69) is 16.7 Å². The maximum absolute atomic E-state index is 14.0. The normalized spacial score (nSPS) is 13.4. The van der Waals surface area contributed by atoms with Crippen LogP contribution in [-0.4, -0.2) is 14.2 Å². The highest BCUT2D eigenvalue weighted by Gasteiger charge is 2.31. The van der Waals surface area contributed by atoms with Gasteiger partial charge in [0, 0.05) is 30.2 Å². The molecule has 4 nitrogen and oxygen atoms in total. The summed E-state index contributed by atoms with van der Waals surface area (Å²) in [4.78, 5) is 0. The lowest BCUT2D eigenvalue weighted by Gasteiger charge is -2.23. The van der Waals surface area contributed by atoms with Crippen LogP contribution in [0.15, 0.2) is 158 Å². The minimum atomic E-state index is -4.40. The van der Waals surface area contributed by atoms with Crippen molar-refractivity contribution < 1.29 is 44.6 Å². The Bertz CT molecular complexity index is 3010. The molecule has 0 spiro atoms. The Morgan fingerprint density at radius 1 is 0.406 bits per heavy atom. The van der Waals surface area contributed by atoms with Crippen LogP contribution in [0.1, 0.15) is 85.2 Å². The van der Waals surface area contributed by atoms with Gasteiger partial charge in [-0.05, 0) is 179 Å². The number of ether oxygens (including phenoxy) is 2. The fourth-order valence-corrected chi connectivity index (χ4v) is 8.35. The molecule has 4 atom stereocenters. The number of benzene rings is 8. The molecule has 0 saturated carbocycles. The van der Waals surface area contributed by atoms with Crippen molar-refractivity contribution in [2.24, 2.45) is 0 Å². The van der Waals surface area contributed by atoms with Gasteiger partial charge >= 0.3 is 12.4 Å². The van der Waals surface area contributed by atoms with Crippen LogP contribution in [0.2, 0.25) is 0 Å². The Morgan fingerprint density at radius 2 is 0.870 bits per heavy atom. The van der Waals surface area contributed by atoms with Gasteiger partial charge < -0.3 is 20.1 Å². The molecule has 360 valence electrons. The number of rotatable bonds is 12. The fraction of sp³-hybridized carbons (Fsp3) is 0.214. The first-order valence-corrected chi connectivity index (χ1v) is 21.9. The van der Waals surface area contributed by atoms with Crippen LogP contribution in [0.4, 0.5) is 35.1 Å². The summed E-state index contributed by atoms with van der Waals surface area (Å²) in [6.07, 6.45) is -8.78. The second-order valence-electron chi connectivity index (χ2n) is 16.8. The average molecular weight is 971 g/mol. The highest BCUT2D eigenvalue weighted by molar-refractivity contribution is 5.98. The highest BCUT2D eigenvalue weighted by Crippen LogP contribution is 2.38. The van der Waals surface area contributed by atoms with Crippen molar-refractivity contribution in [3.63, 3.8) is 0 Å². The summed E-state index contributed by atoms with van der Waals surface area (Å²) in [6.45, 7) is 8.01. The van der Waals surface area contributed by atoms with Crippen LogP contribution in [0.25, 0.3) is 43.8 Å². The molecule has 0 heterocycles. The van der Waals surface area contributed by atoms with E-state index in [9.17, 15) is 35.1 Å². The van der Waals surface area contributed by atoms with Crippen molar-refractivity contribution in [2.75, 3.05) is 14.2 Å². The summed E-state index contributed by atoms with van der Waals surface area (Å²) in [6, 6.07) is 42.5. The second kappa shape index (κ2) is 21.9.